The number of thiophene rings is 1. The van der Waals surface area contributed by atoms with Gasteiger partial charge in [0.1, 0.15) is 11.6 Å². The van der Waals surface area contributed by atoms with Gasteiger partial charge in [-0.2, -0.15) is 0 Å². The third-order valence-corrected chi connectivity index (χ3v) is 6.19. The quantitative estimate of drug-likeness (QED) is 0.723. The summed E-state index contributed by atoms with van der Waals surface area (Å²) >= 11 is 1.32. The number of carbonyl (C=O) groups excluding carboxylic acids is 1. The highest BCUT2D eigenvalue weighted by molar-refractivity contribution is 7.21. The molecule has 5 nitrogen and oxygen atoms in total. The van der Waals surface area contributed by atoms with Crippen LogP contribution in [0.25, 0.3) is 10.1 Å². The number of halogens is 1. The molecule has 4 rings (SSSR count). The third kappa shape index (κ3) is 3.43. The molecule has 28 heavy (non-hydrogen) atoms. The molecule has 2 aromatic carbocycles. The summed E-state index contributed by atoms with van der Waals surface area (Å²) in [5, 5.41) is 10.2. The van der Waals surface area contributed by atoms with E-state index in [1.165, 1.54) is 17.4 Å². The van der Waals surface area contributed by atoms with Crippen molar-refractivity contribution in [1.82, 2.24) is 4.90 Å². The van der Waals surface area contributed by atoms with Gasteiger partial charge >= 0.3 is 0 Å². The zero-order valence-electron chi connectivity index (χ0n) is 15.5. The van der Waals surface area contributed by atoms with Gasteiger partial charge in [0.05, 0.1) is 11.5 Å². The third-order valence-electron chi connectivity index (χ3n) is 5.01. The molecule has 0 radical (unpaired) electrons. The maximum Gasteiger partial charge on any atom is 0.264 e. The molecule has 1 aromatic heterocycles. The zero-order valence-corrected chi connectivity index (χ0v) is 16.3. The molecular weight excluding hydrogens is 379 g/mol. The van der Waals surface area contributed by atoms with Crippen molar-refractivity contribution in [2.24, 2.45) is 0 Å². The number of nitrogens with zero attached hydrogens (tertiary/aromatic N) is 2. The second-order valence-electron chi connectivity index (χ2n) is 6.75. The standard InChI is InChI=1S/C21H21FN2O3S/c1-27-13-16-19-17(22)6-3-7-18(19)28-20(16)21(26)24-10-8-23(9-11-24)14-4-2-5-15(25)12-14/h2-7,12,25H,8-11,13H2,1H3. The maximum absolute atomic E-state index is 14.4. The monoisotopic (exact) mass is 400 g/mol. The number of methoxy groups -OCH3 is 1. The molecule has 0 aliphatic carbocycles. The fourth-order valence-corrected chi connectivity index (χ4v) is 4.81. The minimum absolute atomic E-state index is 0.0804. The number of fused-ring (bicyclic) bond motifs is 1. The van der Waals surface area contributed by atoms with E-state index in [-0.39, 0.29) is 24.1 Å². The summed E-state index contributed by atoms with van der Waals surface area (Å²) in [5.41, 5.74) is 1.57. The number of piperazine rings is 1. The van der Waals surface area contributed by atoms with Gasteiger partial charge in [0.15, 0.2) is 0 Å². The number of carbonyl (C=O) groups is 1. The number of rotatable bonds is 4. The molecule has 0 spiro atoms. The van der Waals surface area contributed by atoms with Gasteiger partial charge in [-0.3, -0.25) is 4.79 Å². The van der Waals surface area contributed by atoms with Gasteiger partial charge < -0.3 is 19.6 Å². The lowest BCUT2D eigenvalue weighted by Crippen LogP contribution is -2.48. The molecule has 0 unspecified atom stereocenters. The van der Waals surface area contributed by atoms with E-state index in [4.69, 9.17) is 4.74 Å². The second-order valence-corrected chi connectivity index (χ2v) is 7.81. The van der Waals surface area contributed by atoms with Crippen LogP contribution in [0.5, 0.6) is 5.75 Å². The molecular formula is C21H21FN2O3S. The molecule has 0 bridgehead atoms. The minimum atomic E-state index is -0.325. The molecule has 0 atom stereocenters. The molecule has 3 aromatic rings. The summed E-state index contributed by atoms with van der Waals surface area (Å²) in [4.78, 5) is 17.7. The van der Waals surface area contributed by atoms with Gasteiger partial charge in [-0.15, -0.1) is 11.3 Å². The maximum atomic E-state index is 14.4. The number of aromatic hydroxyl groups is 1. The van der Waals surface area contributed by atoms with Gasteiger partial charge in [-0.25, -0.2) is 4.39 Å². The highest BCUT2D eigenvalue weighted by Crippen LogP contribution is 2.35. The molecule has 0 saturated carbocycles. The first-order chi connectivity index (χ1) is 13.6. The van der Waals surface area contributed by atoms with Gasteiger partial charge in [0, 0.05) is 60.7 Å². The van der Waals surface area contributed by atoms with Crippen molar-refractivity contribution in [2.45, 2.75) is 6.61 Å². The highest BCUT2D eigenvalue weighted by Gasteiger charge is 2.27. The number of phenolic OH excluding ortho intramolecular Hbond substituents is 1. The summed E-state index contributed by atoms with van der Waals surface area (Å²) in [6.45, 7) is 2.68. The predicted molar refractivity (Wildman–Crippen MR) is 109 cm³/mol. The first-order valence-electron chi connectivity index (χ1n) is 9.10. The van der Waals surface area contributed by atoms with Crippen molar-refractivity contribution in [3.63, 3.8) is 0 Å². The number of anilines is 1. The van der Waals surface area contributed by atoms with Crippen LogP contribution in [-0.2, 0) is 11.3 Å². The summed E-state index contributed by atoms with van der Waals surface area (Å²) < 4.78 is 20.4. The number of benzene rings is 2. The van der Waals surface area contributed by atoms with Gasteiger partial charge in [0.25, 0.3) is 5.91 Å². The number of hydrogen-bond donors (Lipinski definition) is 1. The first-order valence-corrected chi connectivity index (χ1v) is 9.92. The topological polar surface area (TPSA) is 53.0 Å². The van der Waals surface area contributed by atoms with Crippen molar-refractivity contribution in [3.8, 4) is 5.75 Å². The number of amides is 1. The van der Waals surface area contributed by atoms with E-state index in [0.717, 1.165) is 10.4 Å². The molecule has 1 aliphatic rings. The average Bonchev–Trinajstić information content (AvgIpc) is 3.08. The van der Waals surface area contributed by atoms with E-state index < -0.39 is 0 Å². The Kier molecular flexibility index (Phi) is 5.19. The summed E-state index contributed by atoms with van der Waals surface area (Å²) in [7, 11) is 1.55. The lowest BCUT2D eigenvalue weighted by atomic mass is 10.1. The minimum Gasteiger partial charge on any atom is -0.508 e. The molecule has 1 N–H and O–H groups in total. The van der Waals surface area contributed by atoms with Crippen molar-refractivity contribution >= 4 is 33.0 Å². The van der Waals surface area contributed by atoms with Gasteiger partial charge in [-0.1, -0.05) is 12.1 Å². The Morgan fingerprint density at radius 1 is 1.18 bits per heavy atom. The van der Waals surface area contributed by atoms with Crippen LogP contribution < -0.4 is 4.90 Å². The summed E-state index contributed by atoms with van der Waals surface area (Å²) in [6, 6.07) is 12.0. The van der Waals surface area contributed by atoms with Crippen molar-refractivity contribution < 1.29 is 19.0 Å². The van der Waals surface area contributed by atoms with Crippen molar-refractivity contribution in [1.29, 1.82) is 0 Å². The zero-order chi connectivity index (χ0) is 19.7. The molecule has 1 saturated heterocycles. The van der Waals surface area contributed by atoms with E-state index in [1.807, 2.05) is 18.2 Å². The van der Waals surface area contributed by atoms with E-state index >= 15 is 0 Å². The lowest BCUT2D eigenvalue weighted by Gasteiger charge is -2.36. The van der Waals surface area contributed by atoms with Crippen LogP contribution in [-0.4, -0.2) is 49.2 Å². The Morgan fingerprint density at radius 3 is 2.64 bits per heavy atom. The molecule has 1 fully saturated rings. The van der Waals surface area contributed by atoms with Crippen LogP contribution in [0.15, 0.2) is 42.5 Å². The van der Waals surface area contributed by atoms with E-state index in [2.05, 4.69) is 4.90 Å². The largest absolute Gasteiger partial charge is 0.508 e. The Balaban J connectivity index is 1.56. The Morgan fingerprint density at radius 2 is 1.93 bits per heavy atom. The smallest absolute Gasteiger partial charge is 0.264 e. The van der Waals surface area contributed by atoms with Crippen LogP contribution in [0.2, 0.25) is 0 Å². The highest BCUT2D eigenvalue weighted by atomic mass is 32.1. The van der Waals surface area contributed by atoms with E-state index in [0.29, 0.717) is 42.0 Å². The normalized spacial score (nSPS) is 14.6. The Labute approximate surface area is 166 Å². The Bertz CT molecular complexity index is 1010. The summed E-state index contributed by atoms with van der Waals surface area (Å²) in [5.74, 6) is -0.177. The fraction of sp³-hybridized carbons (Fsp3) is 0.286. The molecule has 7 heteroatoms. The van der Waals surface area contributed by atoms with Crippen LogP contribution in [0, 0.1) is 5.82 Å². The summed E-state index contributed by atoms with van der Waals surface area (Å²) in [6.07, 6.45) is 0. The van der Waals surface area contributed by atoms with Crippen LogP contribution in [0.3, 0.4) is 0 Å². The average molecular weight is 400 g/mol. The van der Waals surface area contributed by atoms with Crippen molar-refractivity contribution in [3.05, 3.63) is 58.7 Å². The number of ether oxygens (including phenoxy) is 1. The van der Waals surface area contributed by atoms with Gasteiger partial charge in [0.2, 0.25) is 0 Å². The number of hydrogen-bond acceptors (Lipinski definition) is 5. The SMILES string of the molecule is COCc1c(C(=O)N2CCN(c3cccc(O)c3)CC2)sc2cccc(F)c12. The van der Waals surface area contributed by atoms with E-state index in [9.17, 15) is 14.3 Å². The molecule has 2 heterocycles. The second kappa shape index (κ2) is 7.77. The molecule has 1 amide bonds. The van der Waals surface area contributed by atoms with Crippen LogP contribution >= 0.6 is 11.3 Å². The molecule has 146 valence electrons. The fourth-order valence-electron chi connectivity index (χ4n) is 3.62. The van der Waals surface area contributed by atoms with Gasteiger partial charge in [-0.05, 0) is 24.3 Å². The number of phenols is 1. The van der Waals surface area contributed by atoms with Crippen LogP contribution in [0.4, 0.5) is 10.1 Å². The predicted octanol–water partition coefficient (Wildman–Crippen LogP) is 3.85. The van der Waals surface area contributed by atoms with Crippen molar-refractivity contribution in [2.75, 3.05) is 38.2 Å². The van der Waals surface area contributed by atoms with Crippen LogP contribution in [0.1, 0.15) is 15.2 Å². The Hall–Kier alpha value is -2.64. The van der Waals surface area contributed by atoms with E-state index in [1.54, 1.807) is 30.2 Å². The molecule has 1 aliphatic heterocycles. The lowest BCUT2D eigenvalue weighted by molar-refractivity contribution is 0.0747. The first kappa shape index (κ1) is 18.7.